The number of carbonyl (C=O) groups is 1. The zero-order chi connectivity index (χ0) is 31.3. The van der Waals surface area contributed by atoms with E-state index in [1.165, 1.54) is 6.42 Å². The zero-order valence-corrected chi connectivity index (χ0v) is 26.5. The second-order valence-corrected chi connectivity index (χ2v) is 11.4. The van der Waals surface area contributed by atoms with Gasteiger partial charge in [0.1, 0.15) is 18.1 Å². The standard InChI is InChI=1S/C35H42ClN5O3/c1-4-6-12-25(22-37)34(39-27-16-17-32(30(36)20-27)44-23-28-15-10-11-18-38-28)29-21-31(33(43-5-2)19-24(29)3)41-35(42)40-26-13-8-7-9-14-26/h4,6,10-11,15-21,25-26,34,39H,5,7-9,12-14,23H2,1-3H3,(H2,40,41,42)/b6-4+. The first-order chi connectivity index (χ1) is 21.4. The first-order valence-electron chi connectivity index (χ1n) is 15.4. The predicted octanol–water partition coefficient (Wildman–Crippen LogP) is 8.73. The number of aromatic nitrogens is 1. The lowest BCUT2D eigenvalue weighted by molar-refractivity contribution is 0.244. The molecular formula is C35H42ClN5O3. The minimum Gasteiger partial charge on any atom is -0.492 e. The molecule has 3 aromatic rings. The molecule has 1 heterocycles. The highest BCUT2D eigenvalue weighted by molar-refractivity contribution is 6.32. The second kappa shape index (κ2) is 16.6. The summed E-state index contributed by atoms with van der Waals surface area (Å²) in [7, 11) is 0. The van der Waals surface area contributed by atoms with E-state index in [1.807, 2.05) is 75.4 Å². The lowest BCUT2D eigenvalue weighted by Gasteiger charge is -2.28. The molecule has 2 aromatic carbocycles. The smallest absolute Gasteiger partial charge is 0.319 e. The van der Waals surface area contributed by atoms with E-state index in [1.54, 1.807) is 12.3 Å². The molecule has 1 aromatic heterocycles. The third-order valence-corrected chi connectivity index (χ3v) is 8.04. The fraction of sp³-hybridized carbons (Fsp3) is 0.400. The molecule has 8 nitrogen and oxygen atoms in total. The van der Waals surface area contributed by atoms with Gasteiger partial charge in [0.25, 0.3) is 0 Å². The van der Waals surface area contributed by atoms with E-state index in [9.17, 15) is 10.1 Å². The van der Waals surface area contributed by atoms with Crippen molar-refractivity contribution in [3.05, 3.63) is 88.7 Å². The lowest BCUT2D eigenvalue weighted by atomic mass is 9.88. The van der Waals surface area contributed by atoms with Crippen molar-refractivity contribution in [3.8, 4) is 17.6 Å². The predicted molar refractivity (Wildman–Crippen MR) is 176 cm³/mol. The summed E-state index contributed by atoms with van der Waals surface area (Å²) in [6, 6.07) is 17.0. The van der Waals surface area contributed by atoms with Crippen LogP contribution in [0.15, 0.2) is 66.9 Å². The number of carbonyl (C=O) groups excluding carboxylic acids is 1. The van der Waals surface area contributed by atoms with Gasteiger partial charge in [0.05, 0.1) is 41.0 Å². The maximum absolute atomic E-state index is 13.1. The van der Waals surface area contributed by atoms with Gasteiger partial charge in [-0.05, 0) is 93.6 Å². The number of aryl methyl sites for hydroxylation is 1. The van der Waals surface area contributed by atoms with Crippen LogP contribution in [0.4, 0.5) is 16.2 Å². The zero-order valence-electron chi connectivity index (χ0n) is 25.7. The first-order valence-corrected chi connectivity index (χ1v) is 15.7. The average molecular weight is 616 g/mol. The van der Waals surface area contributed by atoms with Crippen LogP contribution in [0.1, 0.15) is 75.2 Å². The SMILES string of the molecule is C/C=C/CC(C#N)C(Nc1ccc(OCc2ccccn2)c(Cl)c1)c1cc(NC(=O)NC2CCCCC2)c(OCC)cc1C. The van der Waals surface area contributed by atoms with Crippen molar-refractivity contribution < 1.29 is 14.3 Å². The highest BCUT2D eigenvalue weighted by atomic mass is 35.5. The maximum Gasteiger partial charge on any atom is 0.319 e. The van der Waals surface area contributed by atoms with Gasteiger partial charge in [-0.1, -0.05) is 49.1 Å². The summed E-state index contributed by atoms with van der Waals surface area (Å²) in [5.41, 5.74) is 3.92. The van der Waals surface area contributed by atoms with Gasteiger partial charge in [0.15, 0.2) is 0 Å². The summed E-state index contributed by atoms with van der Waals surface area (Å²) < 4.78 is 11.8. The monoisotopic (exact) mass is 615 g/mol. The minimum absolute atomic E-state index is 0.170. The normalized spacial score (nSPS) is 14.8. The van der Waals surface area contributed by atoms with Crippen molar-refractivity contribution in [1.82, 2.24) is 10.3 Å². The highest BCUT2D eigenvalue weighted by Crippen LogP contribution is 2.38. The number of allylic oxidation sites excluding steroid dienone is 2. The molecule has 3 N–H and O–H groups in total. The summed E-state index contributed by atoms with van der Waals surface area (Å²) in [6.45, 7) is 6.59. The molecule has 1 saturated carbocycles. The molecule has 1 aliphatic rings. The van der Waals surface area contributed by atoms with E-state index in [0.29, 0.717) is 41.8 Å². The van der Waals surface area contributed by atoms with Gasteiger partial charge in [0.2, 0.25) is 0 Å². The Balaban J connectivity index is 1.62. The van der Waals surface area contributed by atoms with Crippen molar-refractivity contribution >= 4 is 29.0 Å². The average Bonchev–Trinajstić information content (AvgIpc) is 3.03. The van der Waals surface area contributed by atoms with Crippen LogP contribution in [-0.2, 0) is 6.61 Å². The first kappa shape index (κ1) is 32.7. The molecule has 44 heavy (non-hydrogen) atoms. The highest BCUT2D eigenvalue weighted by Gasteiger charge is 2.26. The van der Waals surface area contributed by atoms with Gasteiger partial charge in [0, 0.05) is 17.9 Å². The van der Waals surface area contributed by atoms with Crippen molar-refractivity contribution in [2.45, 2.75) is 78.0 Å². The number of ether oxygens (including phenoxy) is 2. The summed E-state index contributed by atoms with van der Waals surface area (Å²) in [5, 5.41) is 20.4. The number of pyridine rings is 1. The third-order valence-electron chi connectivity index (χ3n) is 7.74. The molecule has 0 saturated heterocycles. The number of hydrogen-bond acceptors (Lipinski definition) is 6. The van der Waals surface area contributed by atoms with Crippen LogP contribution in [0, 0.1) is 24.2 Å². The van der Waals surface area contributed by atoms with Crippen LogP contribution in [0.3, 0.4) is 0 Å². The number of amides is 2. The molecule has 1 fully saturated rings. The Morgan fingerprint density at radius 3 is 2.64 bits per heavy atom. The molecule has 2 unspecified atom stereocenters. The van der Waals surface area contributed by atoms with Crippen LogP contribution >= 0.6 is 11.6 Å². The van der Waals surface area contributed by atoms with Gasteiger partial charge < -0.3 is 25.4 Å². The number of urea groups is 1. The van der Waals surface area contributed by atoms with Crippen LogP contribution < -0.4 is 25.4 Å². The summed E-state index contributed by atoms with van der Waals surface area (Å²) in [5.74, 6) is 0.717. The van der Waals surface area contributed by atoms with Crippen LogP contribution in [-0.4, -0.2) is 23.7 Å². The van der Waals surface area contributed by atoms with Crippen molar-refractivity contribution in [2.75, 3.05) is 17.2 Å². The van der Waals surface area contributed by atoms with Crippen LogP contribution in [0.5, 0.6) is 11.5 Å². The Hall–Kier alpha value is -4.22. The van der Waals surface area contributed by atoms with Crippen molar-refractivity contribution in [2.24, 2.45) is 5.92 Å². The van der Waals surface area contributed by atoms with Crippen molar-refractivity contribution in [3.63, 3.8) is 0 Å². The quantitative estimate of drug-likeness (QED) is 0.166. The van der Waals surface area contributed by atoms with E-state index >= 15 is 0 Å². The van der Waals surface area contributed by atoms with Gasteiger partial charge in [-0.2, -0.15) is 5.26 Å². The molecule has 0 aliphatic heterocycles. The van der Waals surface area contributed by atoms with E-state index in [2.05, 4.69) is 27.0 Å². The molecular weight excluding hydrogens is 574 g/mol. The second-order valence-electron chi connectivity index (χ2n) is 11.0. The Morgan fingerprint density at radius 2 is 1.95 bits per heavy atom. The molecule has 0 radical (unpaired) electrons. The van der Waals surface area contributed by atoms with Crippen LogP contribution in [0.25, 0.3) is 0 Å². The lowest BCUT2D eigenvalue weighted by Crippen LogP contribution is -2.39. The van der Waals surface area contributed by atoms with Crippen molar-refractivity contribution in [1.29, 1.82) is 5.26 Å². The molecule has 0 bridgehead atoms. The topological polar surface area (TPSA) is 108 Å². The number of nitriles is 1. The molecule has 2 atom stereocenters. The number of benzene rings is 2. The molecule has 9 heteroatoms. The molecule has 2 amide bonds. The van der Waals surface area contributed by atoms with Gasteiger partial charge in [-0.15, -0.1) is 0 Å². The molecule has 0 spiro atoms. The Bertz CT molecular complexity index is 1450. The Kier molecular flexibility index (Phi) is 12.3. The number of halogens is 1. The molecule has 1 aliphatic carbocycles. The van der Waals surface area contributed by atoms with E-state index in [0.717, 1.165) is 48.2 Å². The maximum atomic E-state index is 13.1. The Labute approximate surface area is 265 Å². The number of nitrogens with one attached hydrogen (secondary N) is 3. The van der Waals surface area contributed by atoms with E-state index < -0.39 is 12.0 Å². The van der Waals surface area contributed by atoms with Gasteiger partial charge in [-0.3, -0.25) is 4.98 Å². The van der Waals surface area contributed by atoms with Crippen LogP contribution in [0.2, 0.25) is 5.02 Å². The summed E-state index contributed by atoms with van der Waals surface area (Å²) in [4.78, 5) is 17.3. The fourth-order valence-electron chi connectivity index (χ4n) is 5.46. The third kappa shape index (κ3) is 9.14. The summed E-state index contributed by atoms with van der Waals surface area (Å²) in [6.07, 6.45) is 11.6. The Morgan fingerprint density at radius 1 is 1.14 bits per heavy atom. The van der Waals surface area contributed by atoms with Gasteiger partial charge in [-0.25, -0.2) is 4.79 Å². The number of rotatable bonds is 13. The number of nitrogens with zero attached hydrogens (tertiary/aromatic N) is 2. The summed E-state index contributed by atoms with van der Waals surface area (Å²) >= 11 is 6.64. The fourth-order valence-corrected chi connectivity index (χ4v) is 5.70. The molecule has 232 valence electrons. The van der Waals surface area contributed by atoms with E-state index in [4.69, 9.17) is 21.1 Å². The largest absolute Gasteiger partial charge is 0.492 e. The minimum atomic E-state index is -0.412. The number of anilines is 2. The van der Waals surface area contributed by atoms with E-state index in [-0.39, 0.29) is 12.1 Å². The van der Waals surface area contributed by atoms with Gasteiger partial charge >= 0.3 is 6.03 Å². The molecule has 4 rings (SSSR count). The number of hydrogen-bond donors (Lipinski definition) is 3.